The molecule has 140 valence electrons. The van der Waals surface area contributed by atoms with Crippen molar-refractivity contribution >= 4 is 5.91 Å². The van der Waals surface area contributed by atoms with Crippen LogP contribution >= 0.6 is 0 Å². The Hall–Kier alpha value is -3.19. The normalized spacial score (nSPS) is 10.6. The highest BCUT2D eigenvalue weighted by atomic mass is 16.5. The molecule has 0 saturated carbocycles. The SMILES string of the molecule is COCc1noc(CCNC(=O)c2cccc(-c3cccc(OC)c3)c2)n1. The Morgan fingerprint density at radius 2 is 1.89 bits per heavy atom. The maximum Gasteiger partial charge on any atom is 0.251 e. The molecule has 0 unspecified atom stereocenters. The van der Waals surface area contributed by atoms with Gasteiger partial charge in [0, 0.05) is 25.6 Å². The molecule has 7 nitrogen and oxygen atoms in total. The van der Waals surface area contributed by atoms with Crippen molar-refractivity contribution < 1.29 is 18.8 Å². The molecule has 0 atom stereocenters. The molecular formula is C20H21N3O4. The zero-order chi connectivity index (χ0) is 19.1. The van der Waals surface area contributed by atoms with Crippen LogP contribution in [0.5, 0.6) is 5.75 Å². The number of rotatable bonds is 8. The highest BCUT2D eigenvalue weighted by Gasteiger charge is 2.10. The van der Waals surface area contributed by atoms with Gasteiger partial charge in [0.05, 0.1) is 7.11 Å². The first-order valence-electron chi connectivity index (χ1n) is 8.52. The van der Waals surface area contributed by atoms with Crippen LogP contribution in [-0.2, 0) is 17.8 Å². The number of benzene rings is 2. The summed E-state index contributed by atoms with van der Waals surface area (Å²) in [4.78, 5) is 16.6. The van der Waals surface area contributed by atoms with Crippen LogP contribution < -0.4 is 10.1 Å². The number of amides is 1. The van der Waals surface area contributed by atoms with E-state index in [0.29, 0.717) is 36.9 Å². The highest BCUT2D eigenvalue weighted by molar-refractivity contribution is 5.95. The minimum absolute atomic E-state index is 0.156. The molecule has 1 N–H and O–H groups in total. The summed E-state index contributed by atoms with van der Waals surface area (Å²) in [5.74, 6) is 1.57. The van der Waals surface area contributed by atoms with E-state index in [1.165, 1.54) is 0 Å². The molecule has 0 bridgehead atoms. The molecule has 3 aromatic rings. The highest BCUT2D eigenvalue weighted by Crippen LogP contribution is 2.24. The van der Waals surface area contributed by atoms with Crippen molar-refractivity contribution in [2.75, 3.05) is 20.8 Å². The van der Waals surface area contributed by atoms with E-state index in [4.69, 9.17) is 14.0 Å². The molecule has 1 aromatic heterocycles. The largest absolute Gasteiger partial charge is 0.497 e. The lowest BCUT2D eigenvalue weighted by Crippen LogP contribution is -2.25. The molecule has 27 heavy (non-hydrogen) atoms. The molecule has 0 aliphatic rings. The first-order valence-corrected chi connectivity index (χ1v) is 8.52. The Morgan fingerprint density at radius 1 is 1.11 bits per heavy atom. The predicted octanol–water partition coefficient (Wildman–Crippen LogP) is 2.86. The van der Waals surface area contributed by atoms with Crippen molar-refractivity contribution in [1.29, 1.82) is 0 Å². The molecular weight excluding hydrogens is 346 g/mol. The smallest absolute Gasteiger partial charge is 0.251 e. The lowest BCUT2D eigenvalue weighted by Gasteiger charge is -2.08. The summed E-state index contributed by atoms with van der Waals surface area (Å²) in [5, 5.41) is 6.65. The second kappa shape index (κ2) is 8.95. The number of nitrogens with one attached hydrogen (secondary N) is 1. The van der Waals surface area contributed by atoms with Gasteiger partial charge >= 0.3 is 0 Å². The fourth-order valence-corrected chi connectivity index (χ4v) is 2.61. The summed E-state index contributed by atoms with van der Waals surface area (Å²) in [6, 6.07) is 15.2. The Labute approximate surface area is 157 Å². The predicted molar refractivity (Wildman–Crippen MR) is 99.5 cm³/mol. The van der Waals surface area contributed by atoms with Crippen molar-refractivity contribution in [3.63, 3.8) is 0 Å². The van der Waals surface area contributed by atoms with Gasteiger partial charge in [-0.25, -0.2) is 0 Å². The number of carbonyl (C=O) groups is 1. The number of hydrogen-bond acceptors (Lipinski definition) is 6. The van der Waals surface area contributed by atoms with Gasteiger partial charge in [-0.05, 0) is 35.4 Å². The Balaban J connectivity index is 1.61. The monoisotopic (exact) mass is 367 g/mol. The molecule has 0 radical (unpaired) electrons. The number of nitrogens with zero attached hydrogens (tertiary/aromatic N) is 2. The molecule has 2 aromatic carbocycles. The summed E-state index contributed by atoms with van der Waals surface area (Å²) in [6.07, 6.45) is 0.456. The van der Waals surface area contributed by atoms with Crippen LogP contribution in [0.25, 0.3) is 11.1 Å². The van der Waals surface area contributed by atoms with Crippen molar-refractivity contribution in [1.82, 2.24) is 15.5 Å². The average molecular weight is 367 g/mol. The van der Waals surface area contributed by atoms with Crippen molar-refractivity contribution in [2.24, 2.45) is 0 Å². The van der Waals surface area contributed by atoms with Gasteiger partial charge in [0.2, 0.25) is 5.89 Å². The third-order valence-corrected chi connectivity index (χ3v) is 3.94. The second-order valence-electron chi connectivity index (χ2n) is 5.86. The standard InChI is InChI=1S/C20H21N3O4/c1-25-13-18-22-19(27-23-18)9-10-21-20(24)16-7-3-5-14(11-16)15-6-4-8-17(12-15)26-2/h3-8,11-12H,9-10,13H2,1-2H3,(H,21,24). The lowest BCUT2D eigenvalue weighted by molar-refractivity contribution is 0.0953. The van der Waals surface area contributed by atoms with Crippen LogP contribution in [0.4, 0.5) is 0 Å². The second-order valence-corrected chi connectivity index (χ2v) is 5.86. The topological polar surface area (TPSA) is 86.5 Å². The lowest BCUT2D eigenvalue weighted by atomic mass is 10.0. The van der Waals surface area contributed by atoms with E-state index in [1.807, 2.05) is 42.5 Å². The number of ether oxygens (including phenoxy) is 2. The zero-order valence-electron chi connectivity index (χ0n) is 15.3. The molecule has 0 fully saturated rings. The van der Waals surface area contributed by atoms with E-state index in [-0.39, 0.29) is 5.91 Å². The van der Waals surface area contributed by atoms with E-state index in [1.54, 1.807) is 20.3 Å². The zero-order valence-corrected chi connectivity index (χ0v) is 15.3. The quantitative estimate of drug-likeness (QED) is 0.659. The third-order valence-electron chi connectivity index (χ3n) is 3.94. The molecule has 1 amide bonds. The Bertz CT molecular complexity index is 908. The van der Waals surface area contributed by atoms with Crippen LogP contribution in [-0.4, -0.2) is 36.8 Å². The number of methoxy groups -OCH3 is 2. The average Bonchev–Trinajstić information content (AvgIpc) is 3.15. The van der Waals surface area contributed by atoms with Gasteiger partial charge in [-0.1, -0.05) is 29.4 Å². The number of carbonyl (C=O) groups excluding carboxylic acids is 1. The van der Waals surface area contributed by atoms with Gasteiger partial charge in [-0.15, -0.1) is 0 Å². The third kappa shape index (κ3) is 4.92. The van der Waals surface area contributed by atoms with Crippen LogP contribution in [0.3, 0.4) is 0 Å². The van der Waals surface area contributed by atoms with Crippen LogP contribution in [0.2, 0.25) is 0 Å². The van der Waals surface area contributed by atoms with E-state index in [0.717, 1.165) is 16.9 Å². The van der Waals surface area contributed by atoms with Gasteiger partial charge in [-0.3, -0.25) is 4.79 Å². The van der Waals surface area contributed by atoms with Gasteiger partial charge in [0.25, 0.3) is 5.91 Å². The number of hydrogen-bond donors (Lipinski definition) is 1. The molecule has 0 saturated heterocycles. The summed E-state index contributed by atoms with van der Waals surface area (Å²) in [7, 11) is 3.19. The summed E-state index contributed by atoms with van der Waals surface area (Å²) >= 11 is 0. The van der Waals surface area contributed by atoms with Gasteiger partial charge in [0.1, 0.15) is 12.4 Å². The minimum atomic E-state index is -0.156. The fourth-order valence-electron chi connectivity index (χ4n) is 2.61. The molecule has 7 heteroatoms. The number of aromatic nitrogens is 2. The van der Waals surface area contributed by atoms with Crippen LogP contribution in [0.1, 0.15) is 22.1 Å². The molecule has 0 aliphatic carbocycles. The van der Waals surface area contributed by atoms with E-state index in [2.05, 4.69) is 15.5 Å². The van der Waals surface area contributed by atoms with E-state index >= 15 is 0 Å². The maximum absolute atomic E-state index is 12.4. The molecule has 3 rings (SSSR count). The first-order chi connectivity index (χ1) is 13.2. The molecule has 0 spiro atoms. The maximum atomic E-state index is 12.4. The molecule has 0 aliphatic heterocycles. The van der Waals surface area contributed by atoms with Crippen LogP contribution in [0.15, 0.2) is 53.1 Å². The summed E-state index contributed by atoms with van der Waals surface area (Å²) in [5.41, 5.74) is 2.52. The van der Waals surface area contributed by atoms with Crippen molar-refractivity contribution in [3.8, 4) is 16.9 Å². The summed E-state index contributed by atoms with van der Waals surface area (Å²) in [6.45, 7) is 0.698. The minimum Gasteiger partial charge on any atom is -0.497 e. The van der Waals surface area contributed by atoms with Gasteiger partial charge in [-0.2, -0.15) is 4.98 Å². The van der Waals surface area contributed by atoms with E-state index < -0.39 is 0 Å². The Kier molecular flexibility index (Phi) is 6.17. The van der Waals surface area contributed by atoms with E-state index in [9.17, 15) is 4.79 Å². The fraction of sp³-hybridized carbons (Fsp3) is 0.250. The molecule has 1 heterocycles. The van der Waals surface area contributed by atoms with Crippen molar-refractivity contribution in [2.45, 2.75) is 13.0 Å². The van der Waals surface area contributed by atoms with Gasteiger partial charge in [0.15, 0.2) is 5.82 Å². The summed E-state index contributed by atoms with van der Waals surface area (Å²) < 4.78 is 15.3. The van der Waals surface area contributed by atoms with Crippen molar-refractivity contribution in [3.05, 3.63) is 65.8 Å². The van der Waals surface area contributed by atoms with Crippen LogP contribution in [0, 0.1) is 0 Å². The first kappa shape index (κ1) is 18.6. The van der Waals surface area contributed by atoms with Gasteiger partial charge < -0.3 is 19.3 Å². The Morgan fingerprint density at radius 3 is 2.67 bits per heavy atom.